The molecule has 2 nitrogen and oxygen atoms in total. The zero-order valence-corrected chi connectivity index (χ0v) is 13.4. The normalized spacial score (nSPS) is 26.3. The van der Waals surface area contributed by atoms with Gasteiger partial charge in [-0.2, -0.15) is 13.2 Å². The molecule has 1 amide bonds. The fraction of sp³-hybridized carbons (Fsp3) is 0.923. The standard InChI is InChI=1S/C13H21F3INO/c1-8(2)11(7-17)18-12(19)9-5-3-4-6-10(9)13(14,15)16/h8-11H,3-7H2,1-2H3,(H,18,19). The third kappa shape index (κ3) is 4.79. The largest absolute Gasteiger partial charge is 0.392 e. The van der Waals surface area contributed by atoms with Crippen LogP contribution in [0.2, 0.25) is 0 Å². The molecule has 112 valence electrons. The van der Waals surface area contributed by atoms with E-state index in [0.29, 0.717) is 23.7 Å². The fourth-order valence-electron chi connectivity index (χ4n) is 2.51. The van der Waals surface area contributed by atoms with E-state index in [2.05, 4.69) is 27.9 Å². The molecular formula is C13H21F3INO. The maximum absolute atomic E-state index is 12.9. The van der Waals surface area contributed by atoms with Crippen molar-refractivity contribution in [3.05, 3.63) is 0 Å². The van der Waals surface area contributed by atoms with E-state index in [1.807, 2.05) is 13.8 Å². The van der Waals surface area contributed by atoms with Gasteiger partial charge in [0.1, 0.15) is 0 Å². The number of carbonyl (C=O) groups is 1. The number of carbonyl (C=O) groups excluding carboxylic acids is 1. The Bertz CT molecular complexity index is 307. The average molecular weight is 391 g/mol. The smallest absolute Gasteiger partial charge is 0.352 e. The number of nitrogens with one attached hydrogen (secondary N) is 1. The van der Waals surface area contributed by atoms with Crippen LogP contribution in [-0.2, 0) is 4.79 Å². The van der Waals surface area contributed by atoms with Gasteiger partial charge in [0.05, 0.1) is 5.92 Å². The summed E-state index contributed by atoms with van der Waals surface area (Å²) in [6.45, 7) is 3.93. The third-order valence-electron chi connectivity index (χ3n) is 3.82. The summed E-state index contributed by atoms with van der Waals surface area (Å²) in [7, 11) is 0. The first kappa shape index (κ1) is 17.0. The van der Waals surface area contributed by atoms with Gasteiger partial charge in [-0.15, -0.1) is 0 Å². The SMILES string of the molecule is CC(C)C(CI)NC(=O)C1CCCCC1C(F)(F)F. The quantitative estimate of drug-likeness (QED) is 0.571. The highest BCUT2D eigenvalue weighted by atomic mass is 127. The Balaban J connectivity index is 2.72. The zero-order valence-electron chi connectivity index (χ0n) is 11.3. The summed E-state index contributed by atoms with van der Waals surface area (Å²) in [5.41, 5.74) is 0. The summed E-state index contributed by atoms with van der Waals surface area (Å²) in [6.07, 6.45) is -2.56. The topological polar surface area (TPSA) is 29.1 Å². The molecule has 0 bridgehead atoms. The van der Waals surface area contributed by atoms with E-state index in [4.69, 9.17) is 0 Å². The highest BCUT2D eigenvalue weighted by Crippen LogP contribution is 2.41. The molecule has 0 aromatic carbocycles. The molecule has 19 heavy (non-hydrogen) atoms. The van der Waals surface area contributed by atoms with Crippen molar-refractivity contribution in [2.45, 2.75) is 51.7 Å². The first-order valence-corrected chi connectivity index (χ1v) is 8.23. The van der Waals surface area contributed by atoms with Gasteiger partial charge >= 0.3 is 6.18 Å². The third-order valence-corrected chi connectivity index (χ3v) is 4.77. The summed E-state index contributed by atoms with van der Waals surface area (Å²) in [6, 6.07) is -0.0519. The maximum Gasteiger partial charge on any atom is 0.392 e. The van der Waals surface area contributed by atoms with Gasteiger partial charge in [0.25, 0.3) is 0 Å². The molecule has 0 aromatic heterocycles. The number of hydrogen-bond donors (Lipinski definition) is 1. The van der Waals surface area contributed by atoms with Crippen LogP contribution in [0.1, 0.15) is 39.5 Å². The minimum atomic E-state index is -4.26. The minimum absolute atomic E-state index is 0.0519. The molecule has 0 aliphatic heterocycles. The minimum Gasteiger partial charge on any atom is -0.352 e. The number of rotatable bonds is 4. The Labute approximate surface area is 126 Å². The molecule has 1 N–H and O–H groups in total. The Morgan fingerprint density at radius 2 is 1.89 bits per heavy atom. The molecule has 0 spiro atoms. The van der Waals surface area contributed by atoms with Crippen LogP contribution in [0.4, 0.5) is 13.2 Å². The van der Waals surface area contributed by atoms with Crippen LogP contribution in [0.15, 0.2) is 0 Å². The Morgan fingerprint density at radius 1 is 1.32 bits per heavy atom. The molecule has 0 radical (unpaired) electrons. The zero-order chi connectivity index (χ0) is 14.6. The molecule has 3 unspecified atom stereocenters. The lowest BCUT2D eigenvalue weighted by Crippen LogP contribution is -2.47. The summed E-state index contributed by atoms with van der Waals surface area (Å²) < 4.78 is 39.6. The molecule has 6 heteroatoms. The van der Waals surface area contributed by atoms with E-state index in [0.717, 1.165) is 0 Å². The monoisotopic (exact) mass is 391 g/mol. The highest BCUT2D eigenvalue weighted by Gasteiger charge is 2.48. The lowest BCUT2D eigenvalue weighted by atomic mass is 9.78. The summed E-state index contributed by atoms with van der Waals surface area (Å²) in [4.78, 5) is 12.1. The van der Waals surface area contributed by atoms with Gasteiger partial charge < -0.3 is 5.32 Å². The van der Waals surface area contributed by atoms with E-state index >= 15 is 0 Å². The van der Waals surface area contributed by atoms with Crippen LogP contribution in [0.5, 0.6) is 0 Å². The number of hydrogen-bond acceptors (Lipinski definition) is 1. The fourth-order valence-corrected chi connectivity index (χ4v) is 3.75. The van der Waals surface area contributed by atoms with Crippen LogP contribution in [0.25, 0.3) is 0 Å². The second-order valence-electron chi connectivity index (χ2n) is 5.55. The van der Waals surface area contributed by atoms with Gasteiger partial charge in [-0.05, 0) is 18.8 Å². The summed E-state index contributed by atoms with van der Waals surface area (Å²) in [5, 5.41) is 2.79. The second-order valence-corrected chi connectivity index (χ2v) is 6.43. The van der Waals surface area contributed by atoms with Gasteiger partial charge in [0.15, 0.2) is 0 Å². The van der Waals surface area contributed by atoms with E-state index in [9.17, 15) is 18.0 Å². The molecule has 1 fully saturated rings. The first-order valence-electron chi connectivity index (χ1n) is 6.70. The number of halogens is 4. The molecule has 1 aliphatic rings. The molecule has 0 heterocycles. The van der Waals surface area contributed by atoms with Crippen molar-refractivity contribution in [2.24, 2.45) is 17.8 Å². The lowest BCUT2D eigenvalue weighted by Gasteiger charge is -2.33. The van der Waals surface area contributed by atoms with Crippen LogP contribution in [0.3, 0.4) is 0 Å². The lowest BCUT2D eigenvalue weighted by molar-refractivity contribution is -0.198. The van der Waals surface area contributed by atoms with Crippen molar-refractivity contribution in [1.82, 2.24) is 5.32 Å². The van der Waals surface area contributed by atoms with E-state index in [1.54, 1.807) is 0 Å². The van der Waals surface area contributed by atoms with Gasteiger partial charge in [0, 0.05) is 16.4 Å². The molecule has 1 rings (SSSR count). The van der Waals surface area contributed by atoms with Crippen molar-refractivity contribution >= 4 is 28.5 Å². The van der Waals surface area contributed by atoms with Crippen molar-refractivity contribution in [2.75, 3.05) is 4.43 Å². The molecule has 3 atom stereocenters. The average Bonchev–Trinajstić information content (AvgIpc) is 2.34. The Hall–Kier alpha value is -0.0100. The van der Waals surface area contributed by atoms with Crippen LogP contribution >= 0.6 is 22.6 Å². The van der Waals surface area contributed by atoms with E-state index < -0.39 is 23.9 Å². The van der Waals surface area contributed by atoms with Crippen molar-refractivity contribution < 1.29 is 18.0 Å². The van der Waals surface area contributed by atoms with Gasteiger partial charge in [-0.1, -0.05) is 49.3 Å². The van der Waals surface area contributed by atoms with Gasteiger partial charge in [-0.25, -0.2) is 0 Å². The molecular weight excluding hydrogens is 370 g/mol. The number of alkyl halides is 4. The van der Waals surface area contributed by atoms with Crippen molar-refractivity contribution in [3.8, 4) is 0 Å². The predicted octanol–water partition coefficient (Wildman–Crippen LogP) is 3.93. The van der Waals surface area contributed by atoms with Gasteiger partial charge in [0.2, 0.25) is 5.91 Å². The maximum atomic E-state index is 12.9. The second kappa shape index (κ2) is 7.13. The van der Waals surface area contributed by atoms with Crippen LogP contribution < -0.4 is 5.32 Å². The van der Waals surface area contributed by atoms with E-state index in [-0.39, 0.29) is 18.4 Å². The number of amides is 1. The molecule has 0 aromatic rings. The predicted molar refractivity (Wildman–Crippen MR) is 77.2 cm³/mol. The summed E-state index contributed by atoms with van der Waals surface area (Å²) >= 11 is 2.15. The summed E-state index contributed by atoms with van der Waals surface area (Å²) in [5.74, 6) is -2.56. The van der Waals surface area contributed by atoms with Gasteiger partial charge in [-0.3, -0.25) is 4.79 Å². The van der Waals surface area contributed by atoms with E-state index in [1.165, 1.54) is 0 Å². The molecule has 0 saturated heterocycles. The van der Waals surface area contributed by atoms with Crippen LogP contribution in [-0.4, -0.2) is 22.6 Å². The Morgan fingerprint density at radius 3 is 2.37 bits per heavy atom. The first-order chi connectivity index (χ1) is 8.77. The highest BCUT2D eigenvalue weighted by molar-refractivity contribution is 14.1. The van der Waals surface area contributed by atoms with Crippen molar-refractivity contribution in [3.63, 3.8) is 0 Å². The Kier molecular flexibility index (Phi) is 6.39. The molecule has 1 saturated carbocycles. The van der Waals surface area contributed by atoms with Crippen LogP contribution in [0, 0.1) is 17.8 Å². The van der Waals surface area contributed by atoms with Crippen molar-refractivity contribution in [1.29, 1.82) is 0 Å². The molecule has 1 aliphatic carbocycles.